The van der Waals surface area contributed by atoms with E-state index >= 15 is 0 Å². The summed E-state index contributed by atoms with van der Waals surface area (Å²) in [5.41, 5.74) is 5.34. The lowest BCUT2D eigenvalue weighted by Gasteiger charge is -2.09. The third-order valence-corrected chi connectivity index (χ3v) is 6.32. The van der Waals surface area contributed by atoms with Gasteiger partial charge in [-0.2, -0.15) is 5.10 Å². The molecule has 6 rings (SSSR count). The fourth-order valence-electron chi connectivity index (χ4n) is 4.35. The Balaban J connectivity index is 1.22. The summed E-state index contributed by atoms with van der Waals surface area (Å²) in [5.74, 6) is 1.48. The van der Waals surface area contributed by atoms with Crippen molar-refractivity contribution < 1.29 is 4.79 Å². The van der Waals surface area contributed by atoms with Crippen molar-refractivity contribution in [2.24, 2.45) is 0 Å². The van der Waals surface area contributed by atoms with E-state index < -0.39 is 0 Å². The maximum Gasteiger partial charge on any atom is 0.179 e. The van der Waals surface area contributed by atoms with Crippen LogP contribution in [0.4, 0.5) is 11.5 Å². The molecule has 2 aromatic carbocycles. The molecule has 0 saturated carbocycles. The molecule has 0 spiro atoms. The predicted octanol–water partition coefficient (Wildman–Crippen LogP) is 6.02. The highest BCUT2D eigenvalue weighted by atomic mass is 16.1. The number of aromatic amines is 2. The molecule has 0 aliphatic rings. The molecule has 0 unspecified atom stereocenters. The Morgan fingerprint density at radius 2 is 1.83 bits per heavy atom. The van der Waals surface area contributed by atoms with E-state index in [0.29, 0.717) is 23.8 Å². The number of Topliss-reactive ketones (excluding diaryl/α,β-unsaturated/α-hetero) is 1. The van der Waals surface area contributed by atoms with Gasteiger partial charge in [-0.3, -0.25) is 14.9 Å². The van der Waals surface area contributed by atoms with Gasteiger partial charge in [0.1, 0.15) is 5.82 Å². The standard InChI is InChI=1S/C28H23N7O/c1-17(18-6-9-29-10-7-18)12-26(36)25-14-19-2-3-20(15-24(19)33-25)28-30-11-8-27(34-28)32-22-4-5-23-21(13-22)16-31-35-23/h2-11,13-17,33H,12H2,1H3,(H,31,35)(H,30,32,34)/t17-/m0/s1. The van der Waals surface area contributed by atoms with Crippen LogP contribution in [0.3, 0.4) is 0 Å². The number of fused-ring (bicyclic) bond motifs is 2. The molecular formula is C28H23N7O. The number of nitrogens with one attached hydrogen (secondary N) is 3. The predicted molar refractivity (Wildman–Crippen MR) is 140 cm³/mol. The highest BCUT2D eigenvalue weighted by Gasteiger charge is 2.16. The van der Waals surface area contributed by atoms with Gasteiger partial charge in [0.25, 0.3) is 0 Å². The monoisotopic (exact) mass is 473 g/mol. The maximum atomic E-state index is 12.9. The van der Waals surface area contributed by atoms with Crippen LogP contribution in [0.5, 0.6) is 0 Å². The van der Waals surface area contributed by atoms with Crippen LogP contribution in [0.2, 0.25) is 0 Å². The number of pyridine rings is 1. The van der Waals surface area contributed by atoms with E-state index in [1.165, 1.54) is 0 Å². The molecule has 0 aliphatic carbocycles. The lowest BCUT2D eigenvalue weighted by atomic mass is 9.96. The van der Waals surface area contributed by atoms with Gasteiger partial charge in [0, 0.05) is 52.6 Å². The van der Waals surface area contributed by atoms with Crippen molar-refractivity contribution in [1.82, 2.24) is 30.1 Å². The van der Waals surface area contributed by atoms with E-state index in [2.05, 4.69) is 37.4 Å². The summed E-state index contributed by atoms with van der Waals surface area (Å²) in [6, 6.07) is 19.5. The van der Waals surface area contributed by atoms with Crippen LogP contribution >= 0.6 is 0 Å². The molecule has 0 fully saturated rings. The molecule has 4 heterocycles. The Bertz CT molecular complexity index is 1690. The third kappa shape index (κ3) is 4.32. The van der Waals surface area contributed by atoms with Crippen LogP contribution in [0.1, 0.15) is 35.3 Å². The summed E-state index contributed by atoms with van der Waals surface area (Å²) >= 11 is 0. The minimum atomic E-state index is 0.0779. The number of aromatic nitrogens is 6. The summed E-state index contributed by atoms with van der Waals surface area (Å²) in [6.45, 7) is 2.06. The van der Waals surface area contributed by atoms with Gasteiger partial charge in [-0.15, -0.1) is 0 Å². The minimum absolute atomic E-state index is 0.0779. The molecule has 3 N–H and O–H groups in total. The second-order valence-electron chi connectivity index (χ2n) is 8.86. The molecule has 0 amide bonds. The number of ketones is 1. The second kappa shape index (κ2) is 9.07. The Morgan fingerprint density at radius 3 is 2.72 bits per heavy atom. The highest BCUT2D eigenvalue weighted by Crippen LogP contribution is 2.27. The number of rotatable bonds is 7. The van der Waals surface area contributed by atoms with Crippen molar-refractivity contribution >= 4 is 39.1 Å². The van der Waals surface area contributed by atoms with Crippen LogP contribution < -0.4 is 5.32 Å². The first kappa shape index (κ1) is 21.7. The van der Waals surface area contributed by atoms with Crippen LogP contribution in [0, 0.1) is 0 Å². The van der Waals surface area contributed by atoms with Crippen molar-refractivity contribution in [2.75, 3.05) is 5.32 Å². The smallest absolute Gasteiger partial charge is 0.179 e. The number of H-pyrrole nitrogens is 2. The Morgan fingerprint density at radius 1 is 0.944 bits per heavy atom. The average Bonchev–Trinajstić information content (AvgIpc) is 3.55. The summed E-state index contributed by atoms with van der Waals surface area (Å²) in [5, 5.41) is 12.3. The summed E-state index contributed by atoms with van der Waals surface area (Å²) in [4.78, 5) is 29.5. The molecule has 0 bridgehead atoms. The lowest BCUT2D eigenvalue weighted by molar-refractivity contribution is 0.0971. The van der Waals surface area contributed by atoms with Gasteiger partial charge in [0.05, 0.1) is 17.4 Å². The van der Waals surface area contributed by atoms with Gasteiger partial charge in [-0.1, -0.05) is 19.1 Å². The van der Waals surface area contributed by atoms with Gasteiger partial charge in [-0.05, 0) is 60.0 Å². The second-order valence-corrected chi connectivity index (χ2v) is 8.86. The number of benzene rings is 2. The summed E-state index contributed by atoms with van der Waals surface area (Å²) < 4.78 is 0. The molecule has 176 valence electrons. The summed E-state index contributed by atoms with van der Waals surface area (Å²) in [6.07, 6.45) is 7.45. The topological polar surface area (TPSA) is 112 Å². The largest absolute Gasteiger partial charge is 0.352 e. The zero-order chi connectivity index (χ0) is 24.5. The zero-order valence-electron chi connectivity index (χ0n) is 19.6. The average molecular weight is 474 g/mol. The molecular weight excluding hydrogens is 450 g/mol. The number of carbonyl (C=O) groups excluding carboxylic acids is 1. The normalized spacial score (nSPS) is 12.1. The molecule has 0 saturated heterocycles. The molecule has 6 aromatic rings. The quantitative estimate of drug-likeness (QED) is 0.245. The maximum absolute atomic E-state index is 12.9. The van der Waals surface area contributed by atoms with Crippen LogP contribution in [0.25, 0.3) is 33.2 Å². The third-order valence-electron chi connectivity index (χ3n) is 6.32. The van der Waals surface area contributed by atoms with Crippen molar-refractivity contribution in [3.05, 3.63) is 96.7 Å². The van der Waals surface area contributed by atoms with Crippen molar-refractivity contribution in [1.29, 1.82) is 0 Å². The van der Waals surface area contributed by atoms with Crippen molar-refractivity contribution in [3.63, 3.8) is 0 Å². The molecule has 0 radical (unpaired) electrons. The van der Waals surface area contributed by atoms with Crippen LogP contribution in [0.15, 0.2) is 85.5 Å². The lowest BCUT2D eigenvalue weighted by Crippen LogP contribution is -2.05. The molecule has 36 heavy (non-hydrogen) atoms. The van der Waals surface area contributed by atoms with Gasteiger partial charge in [0.15, 0.2) is 11.6 Å². The number of carbonyl (C=O) groups is 1. The summed E-state index contributed by atoms with van der Waals surface area (Å²) in [7, 11) is 0. The first-order valence-corrected chi connectivity index (χ1v) is 11.7. The van der Waals surface area contributed by atoms with Gasteiger partial charge >= 0.3 is 0 Å². The van der Waals surface area contributed by atoms with Gasteiger partial charge < -0.3 is 10.3 Å². The minimum Gasteiger partial charge on any atom is -0.352 e. The molecule has 0 aliphatic heterocycles. The van der Waals surface area contributed by atoms with E-state index in [0.717, 1.165) is 38.6 Å². The number of hydrogen-bond acceptors (Lipinski definition) is 6. The van der Waals surface area contributed by atoms with Crippen LogP contribution in [-0.2, 0) is 0 Å². The Hall–Kier alpha value is -4.85. The van der Waals surface area contributed by atoms with E-state index in [9.17, 15) is 4.79 Å². The van der Waals surface area contributed by atoms with E-state index in [1.807, 2.05) is 60.7 Å². The number of nitrogens with zero attached hydrogens (tertiary/aromatic N) is 4. The first-order chi connectivity index (χ1) is 17.6. The number of anilines is 2. The van der Waals surface area contributed by atoms with Crippen LogP contribution in [-0.4, -0.2) is 35.9 Å². The first-order valence-electron chi connectivity index (χ1n) is 11.7. The molecule has 8 nitrogen and oxygen atoms in total. The fourth-order valence-corrected chi connectivity index (χ4v) is 4.35. The van der Waals surface area contributed by atoms with Crippen molar-refractivity contribution in [2.45, 2.75) is 19.3 Å². The SMILES string of the molecule is C[C@@H](CC(=O)c1cc2ccc(-c3nccc(Nc4ccc5[nH]ncc5c4)n3)cc2[nH]1)c1ccncc1. The van der Waals surface area contributed by atoms with E-state index in [4.69, 9.17) is 4.98 Å². The van der Waals surface area contributed by atoms with E-state index in [1.54, 1.807) is 24.8 Å². The fraction of sp³-hybridized carbons (Fsp3) is 0.107. The van der Waals surface area contributed by atoms with Crippen molar-refractivity contribution in [3.8, 4) is 11.4 Å². The number of hydrogen-bond donors (Lipinski definition) is 3. The highest BCUT2D eigenvalue weighted by molar-refractivity contribution is 6.00. The van der Waals surface area contributed by atoms with E-state index in [-0.39, 0.29) is 11.7 Å². The molecule has 8 heteroatoms. The molecule has 4 aromatic heterocycles. The van der Waals surface area contributed by atoms with Gasteiger partial charge in [0.2, 0.25) is 0 Å². The molecule has 1 atom stereocenters. The van der Waals surface area contributed by atoms with Gasteiger partial charge in [-0.25, -0.2) is 9.97 Å². The Labute approximate surface area is 206 Å². The Kier molecular flexibility index (Phi) is 5.46. The zero-order valence-corrected chi connectivity index (χ0v) is 19.6.